The van der Waals surface area contributed by atoms with E-state index in [1.807, 2.05) is 57.2 Å². The van der Waals surface area contributed by atoms with E-state index in [-0.39, 0.29) is 18.8 Å². The van der Waals surface area contributed by atoms with E-state index >= 15 is 0 Å². The minimum Gasteiger partial charge on any atom is 0 e. The summed E-state index contributed by atoms with van der Waals surface area (Å²) in [4.78, 5) is 24.5. The Morgan fingerprint density at radius 2 is 1.50 bits per heavy atom. The average molecular weight is 1030 g/mol. The van der Waals surface area contributed by atoms with E-state index < -0.39 is 4.92 Å². The van der Waals surface area contributed by atoms with E-state index in [0.717, 1.165) is 39.6 Å². The molecule has 0 radical (unpaired) electrons. The van der Waals surface area contributed by atoms with E-state index in [1.54, 1.807) is 13.0 Å². The Balaban J connectivity index is 0.00000207. The smallest absolute Gasteiger partial charge is 0 e. The maximum absolute atomic E-state index is 10.9. The van der Waals surface area contributed by atoms with E-state index in [1.165, 1.54) is 12.1 Å². The molecule has 3 rings (SSSR count). The molecule has 1 heterocycles. The number of non-ortho nitro benzene ring substituents is 1. The summed E-state index contributed by atoms with van der Waals surface area (Å²) >= 11 is 0.194. The minimum absolute atomic E-state index is 0. The number of halogens is 2. The van der Waals surface area contributed by atoms with E-state index in [4.69, 9.17) is 25.2 Å². The molecule has 3 aromatic rings. The van der Waals surface area contributed by atoms with Crippen molar-refractivity contribution >= 4 is 48.7 Å². The minimum atomic E-state index is -0.410. The van der Waals surface area contributed by atoms with Crippen LogP contribution in [0.15, 0.2) is 64.6 Å². The molecule has 34 heavy (non-hydrogen) atoms. The maximum atomic E-state index is 10.9. The number of benzene rings is 2. The van der Waals surface area contributed by atoms with Crippen molar-refractivity contribution in [3.63, 3.8) is 0 Å². The molecule has 0 unspecified atom stereocenters. The van der Waals surface area contributed by atoms with Gasteiger partial charge < -0.3 is 0 Å². The van der Waals surface area contributed by atoms with Crippen LogP contribution in [0.1, 0.15) is 36.4 Å². The first-order valence-electron chi connectivity index (χ1n) is 9.42. The summed E-state index contributed by atoms with van der Waals surface area (Å²) < 4.78 is 0. The summed E-state index contributed by atoms with van der Waals surface area (Å²) in [5, 5.41) is 10.9. The van der Waals surface area contributed by atoms with Gasteiger partial charge in [0.1, 0.15) is 0 Å². The summed E-state index contributed by atoms with van der Waals surface area (Å²) in [6.45, 7) is 7.60. The van der Waals surface area contributed by atoms with E-state index in [2.05, 4.69) is 16.1 Å². The number of hydrogen-bond acceptors (Lipinski definition) is 5. The first-order chi connectivity index (χ1) is 15.3. The predicted molar refractivity (Wildman–Crippen MR) is 128 cm³/mol. The second-order valence-electron chi connectivity index (χ2n) is 6.79. The Morgan fingerprint density at radius 1 is 0.971 bits per heavy atom. The van der Waals surface area contributed by atoms with Gasteiger partial charge in [0.15, 0.2) is 0 Å². The van der Waals surface area contributed by atoms with Crippen molar-refractivity contribution < 1.29 is 18.1 Å². The van der Waals surface area contributed by atoms with Crippen molar-refractivity contribution in [1.29, 1.82) is 0 Å². The summed E-state index contributed by atoms with van der Waals surface area (Å²) in [6.07, 6.45) is 0. The van der Waals surface area contributed by atoms with Crippen LogP contribution in [0.2, 0.25) is 0 Å². The normalized spacial score (nSPS) is 11.0. The fraction of sp³-hybridized carbons (Fsp3) is 0.174. The number of hydrogen-bond donors (Lipinski definition) is 0. The van der Waals surface area contributed by atoms with Crippen LogP contribution in [0.25, 0.3) is 0 Å². The molecule has 11 heteroatoms. The fourth-order valence-corrected chi connectivity index (χ4v) is 2.82. The molecule has 0 fully saturated rings. The molecule has 2 aromatic carbocycles. The second-order valence-corrected chi connectivity index (χ2v) is 8.62. The molecule has 196 valence electrons. The number of aliphatic imine (C=N–C) groups is 2. The zero-order valence-corrected chi connectivity index (χ0v) is 25.5. The standard InChI is InChI=1S/C23H21N4O2.2ClH.Fe.2No/c1-15-8-5-6-9-20(15)24-17(3)22-10-7-11-23(26-22)18(4)25-21-13-12-19(27(28)29)14-16(21)2;;;;;/h6-14H,1-4H3;2*1H;;;/q-1;;;+2;;/p-2. The molecule has 0 saturated heterocycles. The van der Waals surface area contributed by atoms with Crippen LogP contribution >= 0.6 is 20.2 Å². The van der Waals surface area contributed by atoms with Crippen molar-refractivity contribution in [2.45, 2.75) is 27.7 Å². The van der Waals surface area contributed by atoms with Gasteiger partial charge in [0.2, 0.25) is 0 Å². The van der Waals surface area contributed by atoms with Gasteiger partial charge in [0, 0.05) is 12.1 Å². The molecule has 0 aliphatic heterocycles. The van der Waals surface area contributed by atoms with Gasteiger partial charge in [-0.1, -0.05) is 13.0 Å². The number of rotatable bonds is 5. The third kappa shape index (κ3) is 7.84. The Labute approximate surface area is 202 Å². The Kier molecular flexibility index (Phi) is 11.9. The molecule has 0 atom stereocenters. The third-order valence-corrected chi connectivity index (χ3v) is 4.50. The molecule has 0 N–H and O–H groups in total. The van der Waals surface area contributed by atoms with Gasteiger partial charge in [0.05, 0.1) is 33.4 Å². The van der Waals surface area contributed by atoms with Crippen LogP contribution in [0.5, 0.6) is 0 Å². The SMILES string of the molecule is CC(=Nc1cc[c-]cc1C)c1cccc(C(C)=Nc2ccc([N+](=O)[O-])cc2C)n1.[Cl][Fe][Cl].[No].[No]. The van der Waals surface area contributed by atoms with Crippen LogP contribution in [0.3, 0.4) is 0 Å². The number of nitrogens with zero attached hydrogens (tertiary/aromatic N) is 4. The molecular weight excluding hydrogens is 1010 g/mol. The maximum Gasteiger partial charge on any atom is 0 e. The Hall–Kier alpha value is -4.57. The fourth-order valence-electron chi connectivity index (χ4n) is 2.82. The largest absolute Gasteiger partial charge is 0 e. The number of nitro benzene ring substituents is 1. The molecule has 0 saturated carbocycles. The van der Waals surface area contributed by atoms with Gasteiger partial charge >= 0.3 is 33.3 Å². The third-order valence-electron chi connectivity index (χ3n) is 4.50. The van der Waals surface area contributed by atoms with Crippen molar-refractivity contribution in [3.8, 4) is 0 Å². The molecule has 1 aromatic heterocycles. The summed E-state index contributed by atoms with van der Waals surface area (Å²) in [5.74, 6) is 0. The van der Waals surface area contributed by atoms with Crippen LogP contribution in [-0.4, -0.2) is 21.3 Å². The second kappa shape index (κ2) is 13.8. The first-order valence-corrected chi connectivity index (χ1v) is 12.5. The van der Waals surface area contributed by atoms with Crippen molar-refractivity contribution in [2.24, 2.45) is 9.98 Å². The number of pyridine rings is 1. The molecule has 0 aliphatic carbocycles. The van der Waals surface area contributed by atoms with E-state index in [0.29, 0.717) is 5.69 Å². The first kappa shape index (κ1) is 29.4. The van der Waals surface area contributed by atoms with Gasteiger partial charge in [-0.25, -0.2) is 4.98 Å². The topological polar surface area (TPSA) is 80.8 Å². The molecule has 0 spiro atoms. The molecule has 0 bridgehead atoms. The summed E-state index contributed by atoms with van der Waals surface area (Å²) in [7, 11) is 9.53. The Bertz CT molecular complexity index is 1180. The number of aromatic nitrogens is 1. The van der Waals surface area contributed by atoms with Crippen molar-refractivity contribution in [1.82, 2.24) is 4.98 Å². The Morgan fingerprint density at radius 3 is 1.97 bits per heavy atom. The van der Waals surface area contributed by atoms with Gasteiger partial charge in [-0.05, 0) is 50.2 Å². The van der Waals surface area contributed by atoms with E-state index in [9.17, 15) is 10.1 Å². The van der Waals surface area contributed by atoms with Crippen molar-refractivity contribution in [2.75, 3.05) is 0 Å². The number of aryl methyl sites for hydroxylation is 2. The van der Waals surface area contributed by atoms with Gasteiger partial charge in [-0.15, -0.1) is 11.6 Å². The van der Waals surface area contributed by atoms with Crippen LogP contribution in [0.4, 0.5) is 17.1 Å². The average Bonchev–Trinajstić information content (AvgIpc) is 2.77. The molecular formula is C23H21Cl2FeN4No2O2-. The zero-order chi connectivity index (χ0) is 23.7. The zero-order valence-electron chi connectivity index (χ0n) is 18.4. The monoisotopic (exact) mass is 1030 g/mol. The van der Waals surface area contributed by atoms with Crippen LogP contribution < -0.4 is 0 Å². The van der Waals surface area contributed by atoms with Crippen LogP contribution in [-0.2, 0) is 13.1 Å². The molecule has 0 aliphatic rings. The van der Waals surface area contributed by atoms with Crippen LogP contribution in [0, 0.1) is 30.0 Å². The van der Waals surface area contributed by atoms with Gasteiger partial charge in [-0.3, -0.25) is 20.1 Å². The summed E-state index contributed by atoms with van der Waals surface area (Å²) in [6, 6.07) is 19.1. The number of nitro groups is 1. The van der Waals surface area contributed by atoms with Gasteiger partial charge in [0.25, 0.3) is 5.69 Å². The van der Waals surface area contributed by atoms with Crippen molar-refractivity contribution in [3.05, 3.63) is 93.3 Å². The molecule has 6 nitrogen and oxygen atoms in total. The quantitative estimate of drug-likeness (QED) is 0.0904. The predicted octanol–water partition coefficient (Wildman–Crippen LogP) is 7.06. The van der Waals surface area contributed by atoms with Gasteiger partial charge in [-0.2, -0.15) is 18.2 Å². The molecule has 0 amide bonds. The summed E-state index contributed by atoms with van der Waals surface area (Å²) in [5.41, 5.74) is 6.44.